The first-order chi connectivity index (χ1) is 12.6. The Morgan fingerprint density at radius 2 is 1.77 bits per heavy atom. The molecule has 0 radical (unpaired) electrons. The van der Waals surface area contributed by atoms with Gasteiger partial charge in [-0.25, -0.2) is 8.42 Å². The van der Waals surface area contributed by atoms with Crippen molar-refractivity contribution in [3.8, 4) is 11.5 Å². The topological polar surface area (TPSA) is 65.1 Å². The van der Waals surface area contributed by atoms with Gasteiger partial charge < -0.3 is 14.2 Å². The summed E-state index contributed by atoms with van der Waals surface area (Å²) in [5.41, 5.74) is 0.952. The number of methoxy groups -OCH3 is 1. The van der Waals surface area contributed by atoms with E-state index in [9.17, 15) is 8.42 Å². The highest BCUT2D eigenvalue weighted by Crippen LogP contribution is 2.19. The van der Waals surface area contributed by atoms with Gasteiger partial charge in [0, 0.05) is 13.1 Å². The van der Waals surface area contributed by atoms with E-state index >= 15 is 0 Å². The maximum absolute atomic E-state index is 12.5. The van der Waals surface area contributed by atoms with Gasteiger partial charge in [-0.3, -0.25) is 0 Å². The van der Waals surface area contributed by atoms with Gasteiger partial charge in [-0.15, -0.1) is 0 Å². The van der Waals surface area contributed by atoms with Crippen molar-refractivity contribution in [2.24, 2.45) is 0 Å². The summed E-state index contributed by atoms with van der Waals surface area (Å²) in [5, 5.41) is 0. The van der Waals surface area contributed by atoms with Crippen LogP contribution in [0.1, 0.15) is 5.56 Å². The van der Waals surface area contributed by atoms with E-state index in [4.69, 9.17) is 14.2 Å². The molecule has 1 aliphatic rings. The molecule has 3 rings (SSSR count). The minimum Gasteiger partial charge on any atom is -0.497 e. The molecule has 0 amide bonds. The normalized spacial score (nSPS) is 20.3. The van der Waals surface area contributed by atoms with Crippen molar-refractivity contribution in [1.29, 1.82) is 0 Å². The SMILES string of the molecule is COc1ccc(OCC2CN(Cc3ccccc3)S(=O)(=O)CCO2)cc1. The van der Waals surface area contributed by atoms with E-state index in [0.29, 0.717) is 12.3 Å². The van der Waals surface area contributed by atoms with Crippen molar-refractivity contribution in [1.82, 2.24) is 4.31 Å². The van der Waals surface area contributed by atoms with E-state index in [0.717, 1.165) is 11.3 Å². The largest absolute Gasteiger partial charge is 0.497 e. The van der Waals surface area contributed by atoms with Crippen LogP contribution in [0.25, 0.3) is 0 Å². The maximum atomic E-state index is 12.5. The average molecular weight is 377 g/mol. The van der Waals surface area contributed by atoms with Crippen LogP contribution in [0.3, 0.4) is 0 Å². The van der Waals surface area contributed by atoms with Gasteiger partial charge >= 0.3 is 0 Å². The first kappa shape index (κ1) is 18.7. The summed E-state index contributed by atoms with van der Waals surface area (Å²) in [6.07, 6.45) is -0.321. The molecule has 26 heavy (non-hydrogen) atoms. The molecule has 1 fully saturated rings. The highest BCUT2D eigenvalue weighted by molar-refractivity contribution is 7.89. The molecule has 2 aromatic rings. The molecule has 0 spiro atoms. The fraction of sp³-hybridized carbons (Fsp3) is 0.368. The van der Waals surface area contributed by atoms with Gasteiger partial charge in [0.1, 0.15) is 24.2 Å². The Hall–Kier alpha value is -2.09. The molecule has 0 aromatic heterocycles. The van der Waals surface area contributed by atoms with Crippen LogP contribution in [-0.4, -0.2) is 51.4 Å². The molecule has 1 aliphatic heterocycles. The van der Waals surface area contributed by atoms with E-state index in [-0.39, 0.29) is 31.6 Å². The molecule has 0 bridgehead atoms. The molecular formula is C19H23NO5S. The van der Waals surface area contributed by atoms with Crippen molar-refractivity contribution < 1.29 is 22.6 Å². The lowest BCUT2D eigenvalue weighted by Gasteiger charge is -2.23. The van der Waals surface area contributed by atoms with Crippen LogP contribution in [0.5, 0.6) is 11.5 Å². The van der Waals surface area contributed by atoms with Crippen molar-refractivity contribution in [3.63, 3.8) is 0 Å². The molecule has 7 heteroatoms. The average Bonchev–Trinajstić information content (AvgIpc) is 2.79. The summed E-state index contributed by atoms with van der Waals surface area (Å²) >= 11 is 0. The molecule has 6 nitrogen and oxygen atoms in total. The summed E-state index contributed by atoms with van der Waals surface area (Å²) in [7, 11) is -1.74. The minimum absolute atomic E-state index is 0.0150. The quantitative estimate of drug-likeness (QED) is 0.773. The molecule has 1 heterocycles. The standard InChI is InChI=1S/C19H23NO5S/c1-23-17-7-9-18(10-8-17)25-15-19-14-20(26(21,22)12-11-24-19)13-16-5-3-2-4-6-16/h2-10,19H,11-15H2,1H3. The monoisotopic (exact) mass is 377 g/mol. The van der Waals surface area contributed by atoms with Crippen LogP contribution in [0.2, 0.25) is 0 Å². The highest BCUT2D eigenvalue weighted by atomic mass is 32.2. The third-order valence-corrected chi connectivity index (χ3v) is 5.94. The highest BCUT2D eigenvalue weighted by Gasteiger charge is 2.30. The summed E-state index contributed by atoms with van der Waals surface area (Å²) in [5.74, 6) is 1.43. The lowest BCUT2D eigenvalue weighted by Crippen LogP contribution is -2.38. The third kappa shape index (κ3) is 4.97. The predicted octanol–water partition coefficient (Wildman–Crippen LogP) is 2.30. The van der Waals surface area contributed by atoms with Crippen LogP contribution in [0, 0.1) is 0 Å². The maximum Gasteiger partial charge on any atom is 0.216 e. The minimum atomic E-state index is -3.35. The van der Waals surface area contributed by atoms with Crippen molar-refractivity contribution in [2.45, 2.75) is 12.6 Å². The van der Waals surface area contributed by atoms with Gasteiger partial charge in [-0.2, -0.15) is 4.31 Å². The fourth-order valence-electron chi connectivity index (χ4n) is 2.75. The number of hydrogen-bond acceptors (Lipinski definition) is 5. The smallest absolute Gasteiger partial charge is 0.216 e. The fourth-order valence-corrected chi connectivity index (χ4v) is 4.06. The second kappa shape index (κ2) is 8.53. The Bertz CT molecular complexity index is 792. The molecule has 1 unspecified atom stereocenters. The Kier molecular flexibility index (Phi) is 6.13. The zero-order valence-electron chi connectivity index (χ0n) is 14.7. The van der Waals surface area contributed by atoms with Gasteiger partial charge in [-0.1, -0.05) is 30.3 Å². The Morgan fingerprint density at radius 3 is 2.46 bits per heavy atom. The van der Waals surface area contributed by atoms with Crippen molar-refractivity contribution >= 4 is 10.0 Å². The zero-order valence-corrected chi connectivity index (χ0v) is 15.5. The van der Waals surface area contributed by atoms with Crippen LogP contribution >= 0.6 is 0 Å². The van der Waals surface area contributed by atoms with Crippen LogP contribution in [-0.2, 0) is 21.3 Å². The summed E-state index contributed by atoms with van der Waals surface area (Å²) in [6, 6.07) is 16.8. The second-order valence-electron chi connectivity index (χ2n) is 6.07. The van der Waals surface area contributed by atoms with Crippen LogP contribution < -0.4 is 9.47 Å². The number of nitrogens with zero attached hydrogens (tertiary/aromatic N) is 1. The Labute approximate surface area is 154 Å². The Morgan fingerprint density at radius 1 is 1.08 bits per heavy atom. The van der Waals surface area contributed by atoms with Gasteiger partial charge in [-0.05, 0) is 29.8 Å². The Balaban J connectivity index is 1.64. The number of hydrogen-bond donors (Lipinski definition) is 0. The summed E-state index contributed by atoms with van der Waals surface area (Å²) in [4.78, 5) is 0. The van der Waals surface area contributed by atoms with Crippen molar-refractivity contribution in [2.75, 3.05) is 32.6 Å². The number of ether oxygens (including phenoxy) is 3. The van der Waals surface area contributed by atoms with E-state index in [2.05, 4.69) is 0 Å². The molecular weight excluding hydrogens is 354 g/mol. The predicted molar refractivity (Wildman–Crippen MR) is 98.9 cm³/mol. The molecule has 0 saturated carbocycles. The van der Waals surface area contributed by atoms with E-state index in [1.54, 1.807) is 7.11 Å². The molecule has 0 N–H and O–H groups in total. The van der Waals surface area contributed by atoms with Crippen LogP contribution in [0.4, 0.5) is 0 Å². The number of sulfonamides is 1. The molecule has 1 atom stereocenters. The van der Waals surface area contributed by atoms with Gasteiger partial charge in [0.05, 0.1) is 19.5 Å². The second-order valence-corrected chi connectivity index (χ2v) is 8.16. The molecule has 1 saturated heterocycles. The van der Waals surface area contributed by atoms with E-state index in [1.165, 1.54) is 4.31 Å². The number of benzene rings is 2. The third-order valence-electron chi connectivity index (χ3n) is 4.19. The number of rotatable bonds is 6. The van der Waals surface area contributed by atoms with Crippen molar-refractivity contribution in [3.05, 3.63) is 60.2 Å². The zero-order chi connectivity index (χ0) is 18.4. The summed E-state index contributed by atoms with van der Waals surface area (Å²) in [6.45, 7) is 1.07. The summed E-state index contributed by atoms with van der Waals surface area (Å²) < 4.78 is 43.0. The van der Waals surface area contributed by atoms with Gasteiger partial charge in [0.15, 0.2) is 0 Å². The first-order valence-electron chi connectivity index (χ1n) is 8.47. The molecule has 0 aliphatic carbocycles. The lowest BCUT2D eigenvalue weighted by molar-refractivity contribution is 0.0240. The molecule has 2 aromatic carbocycles. The van der Waals surface area contributed by atoms with Crippen LogP contribution in [0.15, 0.2) is 54.6 Å². The van der Waals surface area contributed by atoms with E-state index in [1.807, 2.05) is 54.6 Å². The first-order valence-corrected chi connectivity index (χ1v) is 10.1. The van der Waals surface area contributed by atoms with Gasteiger partial charge in [0.25, 0.3) is 0 Å². The lowest BCUT2D eigenvalue weighted by atomic mass is 10.2. The molecule has 140 valence electrons. The van der Waals surface area contributed by atoms with E-state index < -0.39 is 10.0 Å². The van der Waals surface area contributed by atoms with Gasteiger partial charge in [0.2, 0.25) is 10.0 Å².